The van der Waals surface area contributed by atoms with Gasteiger partial charge in [-0.25, -0.2) is 9.59 Å². The Bertz CT molecular complexity index is 1270. The zero-order chi connectivity index (χ0) is 30.5. The van der Waals surface area contributed by atoms with Gasteiger partial charge in [0.05, 0.1) is 13.7 Å². The number of imide groups is 1. The summed E-state index contributed by atoms with van der Waals surface area (Å²) < 4.78 is 17.6. The molecule has 9 heteroatoms. The van der Waals surface area contributed by atoms with Gasteiger partial charge in [-0.3, -0.25) is 0 Å². The topological polar surface area (TPSA) is 90.9 Å². The van der Waals surface area contributed by atoms with Crippen LogP contribution in [0.4, 0.5) is 9.59 Å². The number of alkyl carbamates (subject to hydrolysis) is 1. The lowest BCUT2D eigenvalue weighted by Gasteiger charge is -2.37. The number of ether oxygens (including phenoxy) is 3. The molecule has 1 unspecified atom stereocenters. The number of nitrogens with one attached hydrogen (secondary N) is 1. The number of hydrogen-bond acceptors (Lipinski definition) is 6. The maximum Gasteiger partial charge on any atom is 0.523 e. The molecule has 2 aliphatic rings. The number of quaternary nitrogens is 1. The number of methoxy groups -OCH3 is 1. The molecular weight excluding hydrogens is 600 g/mol. The van der Waals surface area contributed by atoms with E-state index in [0.717, 1.165) is 53.3 Å². The maximum atomic E-state index is 14.5. The third-order valence-corrected chi connectivity index (χ3v) is 8.87. The van der Waals surface area contributed by atoms with Crippen LogP contribution in [0.2, 0.25) is 0 Å². The van der Waals surface area contributed by atoms with E-state index in [4.69, 9.17) is 14.2 Å². The van der Waals surface area contributed by atoms with E-state index in [1.165, 1.54) is 7.11 Å². The Hall–Kier alpha value is -2.75. The van der Waals surface area contributed by atoms with Gasteiger partial charge in [0.1, 0.15) is 24.3 Å². The molecule has 2 fully saturated rings. The summed E-state index contributed by atoms with van der Waals surface area (Å²) >= 11 is 3.54. The molecule has 2 aromatic carbocycles. The van der Waals surface area contributed by atoms with E-state index in [1.807, 2.05) is 31.2 Å². The second kappa shape index (κ2) is 13.7. The summed E-state index contributed by atoms with van der Waals surface area (Å²) in [5, 5.41) is 2.86. The van der Waals surface area contributed by atoms with Crippen LogP contribution in [0.3, 0.4) is 0 Å². The third kappa shape index (κ3) is 7.60. The molecule has 8 nitrogen and oxygen atoms in total. The van der Waals surface area contributed by atoms with E-state index in [0.29, 0.717) is 13.0 Å². The van der Waals surface area contributed by atoms with Crippen LogP contribution in [-0.4, -0.2) is 60.0 Å². The molecular formula is C33H44BrN2O6+. The quantitative estimate of drug-likeness (QED) is 0.317. The van der Waals surface area contributed by atoms with Crippen molar-refractivity contribution in [2.24, 2.45) is 5.92 Å². The molecule has 42 heavy (non-hydrogen) atoms. The van der Waals surface area contributed by atoms with Crippen LogP contribution in [0.15, 0.2) is 53.0 Å². The second-order valence-corrected chi connectivity index (χ2v) is 13.5. The Morgan fingerprint density at radius 3 is 2.33 bits per heavy atom. The minimum Gasteiger partial charge on any atom is -0.444 e. The average Bonchev–Trinajstić information content (AvgIpc) is 3.30. The first-order chi connectivity index (χ1) is 19.9. The summed E-state index contributed by atoms with van der Waals surface area (Å²) in [6.45, 7) is 7.73. The molecule has 1 aliphatic carbocycles. The smallest absolute Gasteiger partial charge is 0.444 e. The van der Waals surface area contributed by atoms with Crippen molar-refractivity contribution in [3.05, 3.63) is 58.6 Å². The van der Waals surface area contributed by atoms with Crippen molar-refractivity contribution in [3.8, 4) is 11.1 Å². The summed E-state index contributed by atoms with van der Waals surface area (Å²) in [5.41, 5.74) is 2.46. The number of hydrogen-bond donors (Lipinski definition) is 1. The largest absolute Gasteiger partial charge is 0.523 e. The van der Waals surface area contributed by atoms with Gasteiger partial charge in [0.15, 0.2) is 6.04 Å². The standard InChI is InChI=1S/C33H43BrN2O6/c1-22-17-28(41-21-23-11-9-14-25(18-23)26-15-10-16-27(34)19-26)20-36(22,32(39)40-5)30(37)29(24-12-7-6-8-13-24)35-31(38)42-33(2,3)4/h9-11,14-16,18-19,22,24,28-29H,6-8,12-13,17,20-21H2,1-5H3/p+1/t22-,28-,29+,36?/m1/s1. The van der Waals surface area contributed by atoms with Gasteiger partial charge in [0.2, 0.25) is 0 Å². The fraction of sp³-hybridized carbons (Fsp3) is 0.545. The lowest BCUT2D eigenvalue weighted by Crippen LogP contribution is -2.66. The van der Waals surface area contributed by atoms with E-state index >= 15 is 0 Å². The summed E-state index contributed by atoms with van der Waals surface area (Å²) in [6.07, 6.45) is 3.54. The minimum atomic E-state index is -0.859. The average molecular weight is 645 g/mol. The van der Waals surface area contributed by atoms with Crippen LogP contribution in [0.25, 0.3) is 11.1 Å². The number of likely N-dealkylation sites (tertiary alicyclic amines) is 1. The third-order valence-electron chi connectivity index (χ3n) is 8.37. The summed E-state index contributed by atoms with van der Waals surface area (Å²) in [7, 11) is 1.31. The molecule has 4 rings (SSSR count). The lowest BCUT2D eigenvalue weighted by atomic mass is 9.83. The van der Waals surface area contributed by atoms with Crippen molar-refractivity contribution in [1.82, 2.24) is 5.32 Å². The Labute approximate surface area is 257 Å². The zero-order valence-corrected chi connectivity index (χ0v) is 26.9. The molecule has 1 saturated heterocycles. The molecule has 1 aliphatic heterocycles. The van der Waals surface area contributed by atoms with Crippen LogP contribution in [0, 0.1) is 5.92 Å². The molecule has 1 heterocycles. The molecule has 0 radical (unpaired) electrons. The van der Waals surface area contributed by atoms with Gasteiger partial charge in [0.25, 0.3) is 0 Å². The van der Waals surface area contributed by atoms with E-state index in [-0.39, 0.29) is 30.5 Å². The van der Waals surface area contributed by atoms with Crippen molar-refractivity contribution < 1.29 is 33.1 Å². The van der Waals surface area contributed by atoms with Crippen molar-refractivity contribution in [2.75, 3.05) is 13.7 Å². The van der Waals surface area contributed by atoms with Crippen LogP contribution in [0.1, 0.15) is 71.8 Å². The van der Waals surface area contributed by atoms with Gasteiger partial charge in [-0.15, -0.1) is 0 Å². The Balaban J connectivity index is 1.54. The van der Waals surface area contributed by atoms with Crippen molar-refractivity contribution in [2.45, 2.75) is 96.6 Å². The van der Waals surface area contributed by atoms with Gasteiger partial charge in [-0.1, -0.05) is 65.5 Å². The fourth-order valence-electron chi connectivity index (χ4n) is 6.33. The van der Waals surface area contributed by atoms with E-state index in [9.17, 15) is 14.4 Å². The number of nitrogens with zero attached hydrogens (tertiary/aromatic N) is 1. The van der Waals surface area contributed by atoms with Gasteiger partial charge < -0.3 is 19.5 Å². The highest BCUT2D eigenvalue weighted by Crippen LogP contribution is 2.36. The van der Waals surface area contributed by atoms with Crippen molar-refractivity contribution in [1.29, 1.82) is 0 Å². The minimum absolute atomic E-state index is 0.0774. The summed E-state index contributed by atoms with van der Waals surface area (Å²) in [5.74, 6) is -0.429. The van der Waals surface area contributed by atoms with Crippen LogP contribution >= 0.6 is 15.9 Å². The predicted molar refractivity (Wildman–Crippen MR) is 165 cm³/mol. The first-order valence-electron chi connectivity index (χ1n) is 14.9. The highest BCUT2D eigenvalue weighted by molar-refractivity contribution is 9.10. The maximum absolute atomic E-state index is 14.5. The summed E-state index contributed by atoms with van der Waals surface area (Å²) in [6, 6.07) is 15.1. The van der Waals surface area contributed by atoms with E-state index in [1.54, 1.807) is 20.8 Å². The number of amides is 3. The number of carbonyl (C=O) groups excluding carboxylic acids is 3. The predicted octanol–water partition coefficient (Wildman–Crippen LogP) is 7.38. The van der Waals surface area contributed by atoms with Gasteiger partial charge in [-0.2, -0.15) is 9.28 Å². The molecule has 4 atom stereocenters. The molecule has 1 N–H and O–H groups in total. The molecule has 0 bridgehead atoms. The molecule has 2 aromatic rings. The first-order valence-corrected chi connectivity index (χ1v) is 15.7. The molecule has 0 aromatic heterocycles. The molecule has 228 valence electrons. The number of rotatable bonds is 7. The van der Waals surface area contributed by atoms with E-state index < -0.39 is 28.3 Å². The molecule has 3 amide bonds. The summed E-state index contributed by atoms with van der Waals surface area (Å²) in [4.78, 5) is 40.8. The van der Waals surface area contributed by atoms with Crippen molar-refractivity contribution >= 4 is 34.0 Å². The normalized spacial score (nSPS) is 23.7. The zero-order valence-electron chi connectivity index (χ0n) is 25.4. The van der Waals surface area contributed by atoms with Crippen molar-refractivity contribution in [3.63, 3.8) is 0 Å². The molecule has 1 saturated carbocycles. The van der Waals surface area contributed by atoms with Gasteiger partial charge >= 0.3 is 18.1 Å². The highest BCUT2D eigenvalue weighted by Gasteiger charge is 2.60. The fourth-order valence-corrected chi connectivity index (χ4v) is 6.72. The van der Waals surface area contributed by atoms with Crippen LogP contribution in [-0.2, 0) is 25.6 Å². The monoisotopic (exact) mass is 643 g/mol. The van der Waals surface area contributed by atoms with Gasteiger partial charge in [0, 0.05) is 10.9 Å². The number of benzene rings is 2. The Morgan fingerprint density at radius 2 is 1.69 bits per heavy atom. The molecule has 0 spiro atoms. The Kier molecular flexibility index (Phi) is 10.5. The van der Waals surface area contributed by atoms with E-state index in [2.05, 4.69) is 45.5 Å². The number of carbonyl (C=O) groups is 3. The SMILES string of the molecule is COC(=O)[N+]1(C(=O)[C@@H](NC(=O)OC(C)(C)C)C2CCCCC2)C[C@H](OCc2cccc(-c3cccc(Br)c3)c2)C[C@H]1C. The second-order valence-electron chi connectivity index (χ2n) is 12.6. The van der Waals surface area contributed by atoms with Crippen LogP contribution < -0.4 is 5.32 Å². The highest BCUT2D eigenvalue weighted by atomic mass is 79.9. The lowest BCUT2D eigenvalue weighted by molar-refractivity contribution is -0.795. The van der Waals surface area contributed by atoms with Gasteiger partial charge in [-0.05, 0) is 81.3 Å². The Morgan fingerprint density at radius 1 is 1.02 bits per heavy atom. The van der Waals surface area contributed by atoms with Crippen LogP contribution in [0.5, 0.6) is 0 Å². The number of halogens is 1. The first kappa shape index (κ1) is 32.2.